The van der Waals surface area contributed by atoms with E-state index in [0.29, 0.717) is 6.04 Å². The summed E-state index contributed by atoms with van der Waals surface area (Å²) in [5, 5.41) is 18.9. The van der Waals surface area contributed by atoms with Crippen LogP contribution in [0.15, 0.2) is 30.5 Å². The van der Waals surface area contributed by atoms with Crippen LogP contribution in [0.2, 0.25) is 5.02 Å². The molecule has 1 aromatic carbocycles. The van der Waals surface area contributed by atoms with Crippen LogP contribution in [0.3, 0.4) is 0 Å². The maximum absolute atomic E-state index is 9.67. The SMILES string of the molecule is CC(C)(C)n1cc(CNC2CCC(O)CC2)c(-c2ccccc2Cl)n1. The van der Waals surface area contributed by atoms with Gasteiger partial charge in [-0.2, -0.15) is 5.10 Å². The summed E-state index contributed by atoms with van der Waals surface area (Å²) in [5.41, 5.74) is 3.00. The minimum atomic E-state index is -0.125. The normalized spacial score (nSPS) is 21.5. The van der Waals surface area contributed by atoms with Gasteiger partial charge in [0.1, 0.15) is 0 Å². The van der Waals surface area contributed by atoms with Crippen molar-refractivity contribution in [2.24, 2.45) is 0 Å². The van der Waals surface area contributed by atoms with Gasteiger partial charge in [-0.05, 0) is 52.5 Å². The van der Waals surface area contributed by atoms with Crippen molar-refractivity contribution in [3.8, 4) is 11.3 Å². The largest absolute Gasteiger partial charge is 0.393 e. The molecule has 136 valence electrons. The number of benzene rings is 1. The minimum absolute atomic E-state index is 0.0802. The molecule has 5 heteroatoms. The fourth-order valence-corrected chi connectivity index (χ4v) is 3.52. The first kappa shape index (κ1) is 18.4. The Labute approximate surface area is 155 Å². The van der Waals surface area contributed by atoms with E-state index >= 15 is 0 Å². The lowest BCUT2D eigenvalue weighted by Crippen LogP contribution is -2.34. The standard InChI is InChI=1S/C20H28ClN3O/c1-20(2,3)24-13-14(12-22-15-8-10-16(25)11-9-15)19(23-24)17-6-4-5-7-18(17)21/h4-7,13,15-16,22,25H,8-12H2,1-3H3. The molecule has 4 nitrogen and oxygen atoms in total. The lowest BCUT2D eigenvalue weighted by atomic mass is 9.93. The topological polar surface area (TPSA) is 50.1 Å². The highest BCUT2D eigenvalue weighted by Crippen LogP contribution is 2.31. The fraction of sp³-hybridized carbons (Fsp3) is 0.550. The zero-order valence-electron chi connectivity index (χ0n) is 15.3. The second kappa shape index (κ2) is 7.48. The number of nitrogens with zero attached hydrogens (tertiary/aromatic N) is 2. The fourth-order valence-electron chi connectivity index (χ4n) is 3.30. The second-order valence-electron chi connectivity index (χ2n) is 7.98. The van der Waals surface area contributed by atoms with Crippen LogP contribution in [0, 0.1) is 0 Å². The zero-order valence-corrected chi connectivity index (χ0v) is 16.1. The van der Waals surface area contributed by atoms with Crippen LogP contribution in [-0.4, -0.2) is 27.0 Å². The summed E-state index contributed by atoms with van der Waals surface area (Å²) in [6, 6.07) is 8.33. The lowest BCUT2D eigenvalue weighted by Gasteiger charge is -2.26. The van der Waals surface area contributed by atoms with Gasteiger partial charge in [0.25, 0.3) is 0 Å². The first-order valence-electron chi connectivity index (χ1n) is 9.10. The van der Waals surface area contributed by atoms with Crippen LogP contribution in [0.5, 0.6) is 0 Å². The first-order chi connectivity index (χ1) is 11.8. The Morgan fingerprint density at radius 3 is 2.52 bits per heavy atom. The summed E-state index contributed by atoms with van der Waals surface area (Å²) in [4.78, 5) is 0. The van der Waals surface area contributed by atoms with Crippen LogP contribution in [0.4, 0.5) is 0 Å². The van der Waals surface area contributed by atoms with Gasteiger partial charge in [0.05, 0.1) is 22.4 Å². The summed E-state index contributed by atoms with van der Waals surface area (Å²) < 4.78 is 2.02. The Balaban J connectivity index is 1.84. The molecule has 1 heterocycles. The summed E-state index contributed by atoms with van der Waals surface area (Å²) in [7, 11) is 0. The molecule has 1 aromatic heterocycles. The number of aliphatic hydroxyl groups is 1. The van der Waals surface area contributed by atoms with Crippen molar-refractivity contribution in [1.29, 1.82) is 0 Å². The van der Waals surface area contributed by atoms with Crippen LogP contribution < -0.4 is 5.32 Å². The Bertz CT molecular complexity index is 712. The number of halogens is 1. The lowest BCUT2D eigenvalue weighted by molar-refractivity contribution is 0.116. The maximum atomic E-state index is 9.67. The highest BCUT2D eigenvalue weighted by molar-refractivity contribution is 6.33. The van der Waals surface area contributed by atoms with E-state index in [4.69, 9.17) is 16.7 Å². The number of aliphatic hydroxyl groups excluding tert-OH is 1. The molecular formula is C20H28ClN3O. The molecule has 1 fully saturated rings. The highest BCUT2D eigenvalue weighted by Gasteiger charge is 2.22. The van der Waals surface area contributed by atoms with E-state index in [-0.39, 0.29) is 11.6 Å². The minimum Gasteiger partial charge on any atom is -0.393 e. The molecule has 0 unspecified atom stereocenters. The summed E-state index contributed by atoms with van der Waals surface area (Å²) >= 11 is 6.42. The molecule has 0 atom stereocenters. The maximum Gasteiger partial charge on any atom is 0.0983 e. The van der Waals surface area contributed by atoms with Gasteiger partial charge in [-0.1, -0.05) is 29.8 Å². The number of hydrogen-bond acceptors (Lipinski definition) is 3. The molecule has 1 aliphatic carbocycles. The molecule has 1 aliphatic rings. The molecule has 0 bridgehead atoms. The predicted molar refractivity (Wildman–Crippen MR) is 103 cm³/mol. The average Bonchev–Trinajstić information content (AvgIpc) is 2.99. The smallest absolute Gasteiger partial charge is 0.0983 e. The molecule has 2 aromatic rings. The molecule has 1 saturated carbocycles. The molecule has 0 amide bonds. The first-order valence-corrected chi connectivity index (χ1v) is 9.48. The average molecular weight is 362 g/mol. The monoisotopic (exact) mass is 361 g/mol. The molecule has 0 aliphatic heterocycles. The van der Waals surface area contributed by atoms with Gasteiger partial charge in [0, 0.05) is 29.9 Å². The van der Waals surface area contributed by atoms with Crippen molar-refractivity contribution >= 4 is 11.6 Å². The van der Waals surface area contributed by atoms with Crippen molar-refractivity contribution in [3.63, 3.8) is 0 Å². The van der Waals surface area contributed by atoms with E-state index in [1.165, 1.54) is 0 Å². The van der Waals surface area contributed by atoms with Crippen molar-refractivity contribution < 1.29 is 5.11 Å². The Morgan fingerprint density at radius 1 is 1.20 bits per heavy atom. The van der Waals surface area contributed by atoms with E-state index < -0.39 is 0 Å². The van der Waals surface area contributed by atoms with Gasteiger partial charge >= 0.3 is 0 Å². The van der Waals surface area contributed by atoms with Gasteiger partial charge in [-0.3, -0.25) is 4.68 Å². The van der Waals surface area contributed by atoms with E-state index in [9.17, 15) is 5.11 Å². The highest BCUT2D eigenvalue weighted by atomic mass is 35.5. The third-order valence-electron chi connectivity index (χ3n) is 4.88. The van der Waals surface area contributed by atoms with E-state index in [1.54, 1.807) is 0 Å². The van der Waals surface area contributed by atoms with Crippen molar-refractivity contribution in [2.75, 3.05) is 0 Å². The molecular weight excluding hydrogens is 334 g/mol. The molecule has 3 rings (SSSR count). The third kappa shape index (κ3) is 4.43. The Morgan fingerprint density at radius 2 is 1.88 bits per heavy atom. The van der Waals surface area contributed by atoms with Crippen molar-refractivity contribution in [1.82, 2.24) is 15.1 Å². The summed E-state index contributed by atoms with van der Waals surface area (Å²) in [6.07, 6.45) is 5.82. The van der Waals surface area contributed by atoms with Gasteiger partial charge in [0.15, 0.2) is 0 Å². The van der Waals surface area contributed by atoms with Crippen LogP contribution in [0.25, 0.3) is 11.3 Å². The van der Waals surface area contributed by atoms with E-state index in [2.05, 4.69) is 32.3 Å². The Hall–Kier alpha value is -1.36. The number of nitrogens with one attached hydrogen (secondary N) is 1. The van der Waals surface area contributed by atoms with Gasteiger partial charge in [-0.25, -0.2) is 0 Å². The Kier molecular flexibility index (Phi) is 5.52. The summed E-state index contributed by atoms with van der Waals surface area (Å²) in [6.45, 7) is 7.21. The molecule has 2 N–H and O–H groups in total. The van der Waals surface area contributed by atoms with Crippen LogP contribution in [-0.2, 0) is 12.1 Å². The zero-order chi connectivity index (χ0) is 18.0. The second-order valence-corrected chi connectivity index (χ2v) is 8.39. The quantitative estimate of drug-likeness (QED) is 0.851. The van der Waals surface area contributed by atoms with Gasteiger partial charge < -0.3 is 10.4 Å². The molecule has 0 radical (unpaired) electrons. The molecule has 25 heavy (non-hydrogen) atoms. The molecule has 0 spiro atoms. The predicted octanol–water partition coefficient (Wildman–Crippen LogP) is 4.35. The van der Waals surface area contributed by atoms with Gasteiger partial charge in [-0.15, -0.1) is 0 Å². The number of hydrogen-bond donors (Lipinski definition) is 2. The van der Waals surface area contributed by atoms with Crippen molar-refractivity contribution in [2.45, 2.75) is 70.7 Å². The van der Waals surface area contributed by atoms with Crippen LogP contribution in [0.1, 0.15) is 52.0 Å². The summed E-state index contributed by atoms with van der Waals surface area (Å²) in [5.74, 6) is 0. The van der Waals surface area contributed by atoms with Crippen molar-refractivity contribution in [3.05, 3.63) is 41.0 Å². The van der Waals surface area contributed by atoms with E-state index in [1.807, 2.05) is 28.9 Å². The number of aromatic nitrogens is 2. The number of rotatable bonds is 4. The third-order valence-corrected chi connectivity index (χ3v) is 5.21. The van der Waals surface area contributed by atoms with Crippen LogP contribution >= 0.6 is 11.6 Å². The molecule has 0 saturated heterocycles. The van der Waals surface area contributed by atoms with E-state index in [0.717, 1.165) is 54.1 Å². The van der Waals surface area contributed by atoms with Gasteiger partial charge in [0.2, 0.25) is 0 Å².